The average Bonchev–Trinajstić information content (AvgIpc) is 2.88. The number of hydrogen-bond acceptors (Lipinski definition) is 8. The zero-order chi connectivity index (χ0) is 16.1. The quantitative estimate of drug-likeness (QED) is 0.600. The maximum Gasteiger partial charge on any atom is 0.230 e. The molecule has 0 aliphatic heterocycles. The Balaban J connectivity index is 2.27. The van der Waals surface area contributed by atoms with Crippen LogP contribution in [0.2, 0.25) is 0 Å². The minimum atomic E-state index is -0.197. The number of rotatable bonds is 5. The predicted octanol–water partition coefficient (Wildman–Crippen LogP) is -0.164. The highest BCUT2D eigenvalue weighted by molar-refractivity contribution is 7.12. The van der Waals surface area contributed by atoms with E-state index in [9.17, 15) is 4.79 Å². The molecule has 0 spiro atoms. The number of aliphatic hydroxyl groups is 1. The van der Waals surface area contributed by atoms with Gasteiger partial charge in [0.25, 0.3) is 0 Å². The van der Waals surface area contributed by atoms with E-state index in [0.29, 0.717) is 17.1 Å². The Bertz CT molecular complexity index is 714. The van der Waals surface area contributed by atoms with E-state index in [1.54, 1.807) is 17.8 Å². The summed E-state index contributed by atoms with van der Waals surface area (Å²) < 4.78 is 6.57. The number of hydrogen-bond donors (Lipinski definition) is 1. The van der Waals surface area contributed by atoms with Crippen LogP contribution in [0.4, 0.5) is 5.13 Å². The Hall–Kier alpha value is -2.26. The van der Waals surface area contributed by atoms with E-state index in [-0.39, 0.29) is 18.1 Å². The number of methoxy groups -OCH3 is 1. The molecule has 1 aliphatic carbocycles. The molecule has 0 saturated heterocycles. The summed E-state index contributed by atoms with van der Waals surface area (Å²) in [6, 6.07) is 0. The molecule has 0 radical (unpaired) electrons. The molecular weight excluding hydrogens is 306 g/mol. The van der Waals surface area contributed by atoms with Gasteiger partial charge in [0.1, 0.15) is 0 Å². The summed E-state index contributed by atoms with van der Waals surface area (Å²) in [6.45, 7) is 0.546. The smallest absolute Gasteiger partial charge is 0.230 e. The maximum atomic E-state index is 11.4. The minimum Gasteiger partial charge on any atom is -0.493 e. The fourth-order valence-corrected chi connectivity index (χ4v) is 2.47. The summed E-state index contributed by atoms with van der Waals surface area (Å²) in [4.78, 5) is 13.9. The van der Waals surface area contributed by atoms with Crippen LogP contribution in [0.1, 0.15) is 0 Å². The highest BCUT2D eigenvalue weighted by Crippen LogP contribution is 2.11. The summed E-state index contributed by atoms with van der Waals surface area (Å²) in [5, 5.41) is 22.2. The van der Waals surface area contributed by atoms with E-state index in [0.717, 1.165) is 5.13 Å². The molecule has 1 aromatic heterocycles. The van der Waals surface area contributed by atoms with Gasteiger partial charge in [-0.15, -0.1) is 15.3 Å². The van der Waals surface area contributed by atoms with E-state index < -0.39 is 0 Å². The molecule has 1 heterocycles. The molecular formula is C13H17N5O3S. The molecule has 9 heteroatoms. The number of carbonyl (C=O) groups excluding carboxylic acids is 1. The van der Waals surface area contributed by atoms with Crippen molar-refractivity contribution in [2.24, 2.45) is 17.3 Å². The molecule has 0 bridgehead atoms. The topological polar surface area (TPSA) is 92.3 Å². The Morgan fingerprint density at radius 2 is 2.23 bits per heavy atom. The zero-order valence-electron chi connectivity index (χ0n) is 12.6. The van der Waals surface area contributed by atoms with Crippen molar-refractivity contribution in [1.82, 2.24) is 9.78 Å². The van der Waals surface area contributed by atoms with E-state index >= 15 is 0 Å². The second-order valence-electron chi connectivity index (χ2n) is 4.47. The lowest BCUT2D eigenvalue weighted by Crippen LogP contribution is -2.21. The number of nitrogens with zero attached hydrogens (tertiary/aromatic N) is 5. The van der Waals surface area contributed by atoms with Gasteiger partial charge in [0, 0.05) is 26.7 Å². The first kappa shape index (κ1) is 16.1. The van der Waals surface area contributed by atoms with Gasteiger partial charge in [-0.1, -0.05) is 11.3 Å². The third-order valence-corrected chi connectivity index (χ3v) is 3.96. The van der Waals surface area contributed by atoms with Gasteiger partial charge >= 0.3 is 0 Å². The number of carbonyl (C=O) groups is 1. The molecule has 2 rings (SSSR count). The van der Waals surface area contributed by atoms with Crippen molar-refractivity contribution < 1.29 is 14.6 Å². The molecule has 0 atom stereocenters. The van der Waals surface area contributed by atoms with Crippen LogP contribution in [0, 0.1) is 0 Å². The number of aryl methyl sites for hydroxylation is 1. The van der Waals surface area contributed by atoms with Crippen LogP contribution < -0.4 is 9.70 Å². The van der Waals surface area contributed by atoms with Crippen LogP contribution in [0.5, 0.6) is 0 Å². The van der Waals surface area contributed by atoms with E-state index in [2.05, 4.69) is 15.3 Å². The molecule has 0 saturated carbocycles. The third-order valence-electron chi connectivity index (χ3n) is 2.86. The number of allylic oxidation sites excluding steroid dienone is 3. The molecule has 1 N–H and O–H groups in total. The van der Waals surface area contributed by atoms with Crippen molar-refractivity contribution in [1.29, 1.82) is 0 Å². The van der Waals surface area contributed by atoms with Gasteiger partial charge < -0.3 is 14.7 Å². The summed E-state index contributed by atoms with van der Waals surface area (Å²) in [5.41, 5.74) is 0.523. The lowest BCUT2D eigenvalue weighted by Gasteiger charge is -2.11. The van der Waals surface area contributed by atoms with Gasteiger partial charge in [0.15, 0.2) is 5.76 Å². The maximum absolute atomic E-state index is 11.4. The highest BCUT2D eigenvalue weighted by Gasteiger charge is 2.12. The highest BCUT2D eigenvalue weighted by atomic mass is 32.1. The van der Waals surface area contributed by atoms with E-state index in [1.165, 1.54) is 30.6 Å². The minimum absolute atomic E-state index is 0.0536. The fraction of sp³-hybridized carbons (Fsp3) is 0.385. The number of likely N-dealkylation sites (N-methyl/N-ethyl adjacent to an activating group) is 1. The van der Waals surface area contributed by atoms with Gasteiger partial charge in [-0.25, -0.2) is 4.68 Å². The van der Waals surface area contributed by atoms with E-state index in [4.69, 9.17) is 9.84 Å². The third kappa shape index (κ3) is 3.68. The molecule has 8 nitrogen and oxygen atoms in total. The molecule has 0 amide bonds. The van der Waals surface area contributed by atoms with Crippen molar-refractivity contribution in [3.8, 4) is 0 Å². The van der Waals surface area contributed by atoms with Crippen molar-refractivity contribution in [2.75, 3.05) is 32.2 Å². The van der Waals surface area contributed by atoms with Gasteiger partial charge in [0.05, 0.1) is 19.4 Å². The average molecular weight is 323 g/mol. The molecule has 0 fully saturated rings. The largest absolute Gasteiger partial charge is 0.493 e. The van der Waals surface area contributed by atoms with Crippen LogP contribution in [0.25, 0.3) is 0 Å². The van der Waals surface area contributed by atoms with Crippen molar-refractivity contribution >= 4 is 28.0 Å². The standard InChI is InChI=1S/C13H17N5O3S/c1-17(6-7-19)13-16-18(2)12(22-13)15-14-9-4-5-10(20)11(8-9)21-3/h4-5,8,19H,6-7H2,1-3H3/b14-9?,15-12+. The number of aromatic nitrogens is 2. The van der Waals surface area contributed by atoms with Gasteiger partial charge in [-0.3, -0.25) is 4.79 Å². The molecule has 118 valence electrons. The molecule has 0 unspecified atom stereocenters. The van der Waals surface area contributed by atoms with Crippen molar-refractivity contribution in [3.63, 3.8) is 0 Å². The van der Waals surface area contributed by atoms with Crippen LogP contribution in [0.3, 0.4) is 0 Å². The number of ketones is 1. The van der Waals surface area contributed by atoms with Gasteiger partial charge in [0.2, 0.25) is 15.7 Å². The van der Waals surface area contributed by atoms with E-state index in [1.807, 2.05) is 11.9 Å². The summed E-state index contributed by atoms with van der Waals surface area (Å²) in [6.07, 6.45) is 4.50. The first-order valence-corrected chi connectivity index (χ1v) is 7.32. The first-order valence-electron chi connectivity index (χ1n) is 6.51. The summed E-state index contributed by atoms with van der Waals surface area (Å²) in [7, 11) is 5.04. The fourth-order valence-electron chi connectivity index (χ4n) is 1.64. The van der Waals surface area contributed by atoms with Gasteiger partial charge in [-0.2, -0.15) is 0 Å². The van der Waals surface area contributed by atoms with Crippen LogP contribution in [-0.4, -0.2) is 53.7 Å². The van der Waals surface area contributed by atoms with Crippen LogP contribution >= 0.6 is 11.3 Å². The first-order chi connectivity index (χ1) is 10.5. The Kier molecular flexibility index (Phi) is 5.23. The summed E-state index contributed by atoms with van der Waals surface area (Å²) >= 11 is 1.35. The molecule has 1 aliphatic rings. The lowest BCUT2D eigenvalue weighted by atomic mass is 10.1. The van der Waals surface area contributed by atoms with Gasteiger partial charge in [-0.05, 0) is 12.2 Å². The zero-order valence-corrected chi connectivity index (χ0v) is 13.4. The molecule has 22 heavy (non-hydrogen) atoms. The lowest BCUT2D eigenvalue weighted by molar-refractivity contribution is -0.114. The Morgan fingerprint density at radius 3 is 2.91 bits per heavy atom. The Labute approximate surface area is 131 Å². The molecule has 1 aromatic rings. The monoisotopic (exact) mass is 323 g/mol. The predicted molar refractivity (Wildman–Crippen MR) is 83.7 cm³/mol. The Morgan fingerprint density at radius 1 is 1.45 bits per heavy atom. The summed E-state index contributed by atoms with van der Waals surface area (Å²) in [5.74, 6) is 0.0335. The van der Waals surface area contributed by atoms with Crippen molar-refractivity contribution in [2.45, 2.75) is 0 Å². The normalized spacial score (nSPS) is 17.1. The van der Waals surface area contributed by atoms with Crippen LogP contribution in [-0.2, 0) is 16.6 Å². The SMILES string of the molecule is COC1=CC(=N/N=c2/sc(N(C)CCO)nn2C)C=CC1=O. The van der Waals surface area contributed by atoms with Crippen molar-refractivity contribution in [3.05, 3.63) is 28.8 Å². The second kappa shape index (κ2) is 7.14. The number of aliphatic hydroxyl groups excluding tert-OH is 1. The van der Waals surface area contributed by atoms with Crippen LogP contribution in [0.15, 0.2) is 34.2 Å². The number of anilines is 1. The molecule has 0 aromatic carbocycles. The number of ether oxygens (including phenoxy) is 1. The second-order valence-corrected chi connectivity index (χ2v) is 5.41.